The van der Waals surface area contributed by atoms with Crippen molar-refractivity contribution in [1.29, 1.82) is 0 Å². The SMILES string of the molecule is CC(c1cccnc1)N(C)Cc1cccc(C(C)(C)C)c1O. The molecule has 1 aromatic heterocycles. The minimum Gasteiger partial charge on any atom is -0.507 e. The Balaban J connectivity index is 2.21. The fraction of sp³-hybridized carbons (Fsp3) is 0.421. The van der Waals surface area contributed by atoms with Crippen LogP contribution in [0.2, 0.25) is 0 Å². The Hall–Kier alpha value is -1.87. The molecule has 0 aliphatic heterocycles. The molecule has 1 aromatic carbocycles. The van der Waals surface area contributed by atoms with Gasteiger partial charge in [0.25, 0.3) is 0 Å². The maximum absolute atomic E-state index is 10.6. The van der Waals surface area contributed by atoms with Crippen LogP contribution in [-0.2, 0) is 12.0 Å². The molecule has 1 heterocycles. The molecule has 118 valence electrons. The minimum absolute atomic E-state index is 0.0619. The van der Waals surface area contributed by atoms with Gasteiger partial charge in [0.1, 0.15) is 5.75 Å². The van der Waals surface area contributed by atoms with E-state index in [0.717, 1.165) is 11.1 Å². The lowest BCUT2D eigenvalue weighted by molar-refractivity contribution is 0.249. The van der Waals surface area contributed by atoms with Crippen molar-refractivity contribution in [2.24, 2.45) is 0 Å². The molecule has 0 bridgehead atoms. The van der Waals surface area contributed by atoms with Gasteiger partial charge in [0.15, 0.2) is 0 Å². The molecule has 2 aromatic rings. The van der Waals surface area contributed by atoms with E-state index in [-0.39, 0.29) is 11.5 Å². The monoisotopic (exact) mass is 298 g/mol. The lowest BCUT2D eigenvalue weighted by Gasteiger charge is -2.27. The number of phenols is 1. The van der Waals surface area contributed by atoms with Gasteiger partial charge in [-0.3, -0.25) is 9.88 Å². The van der Waals surface area contributed by atoms with Crippen molar-refractivity contribution >= 4 is 0 Å². The first-order chi connectivity index (χ1) is 10.3. The van der Waals surface area contributed by atoms with Gasteiger partial charge in [0, 0.05) is 30.5 Å². The van der Waals surface area contributed by atoms with Crippen LogP contribution in [0.3, 0.4) is 0 Å². The molecule has 1 N–H and O–H groups in total. The van der Waals surface area contributed by atoms with E-state index in [2.05, 4.69) is 50.7 Å². The molecule has 22 heavy (non-hydrogen) atoms. The summed E-state index contributed by atoms with van der Waals surface area (Å²) < 4.78 is 0. The fourth-order valence-corrected chi connectivity index (χ4v) is 2.61. The molecular formula is C19H26N2O. The zero-order chi connectivity index (χ0) is 16.3. The van der Waals surface area contributed by atoms with Crippen LogP contribution in [0.5, 0.6) is 5.75 Å². The van der Waals surface area contributed by atoms with Crippen LogP contribution in [-0.4, -0.2) is 22.0 Å². The summed E-state index contributed by atoms with van der Waals surface area (Å²) in [6.45, 7) is 9.21. The molecule has 0 aliphatic rings. The van der Waals surface area contributed by atoms with Crippen LogP contribution in [0.15, 0.2) is 42.7 Å². The van der Waals surface area contributed by atoms with Crippen molar-refractivity contribution in [3.05, 3.63) is 59.4 Å². The Kier molecular flexibility index (Phi) is 4.87. The van der Waals surface area contributed by atoms with Crippen molar-refractivity contribution in [3.8, 4) is 5.75 Å². The van der Waals surface area contributed by atoms with E-state index >= 15 is 0 Å². The van der Waals surface area contributed by atoms with Crippen molar-refractivity contribution in [2.45, 2.75) is 45.7 Å². The summed E-state index contributed by atoms with van der Waals surface area (Å²) in [6.07, 6.45) is 3.68. The third-order valence-electron chi connectivity index (χ3n) is 4.18. The van der Waals surface area contributed by atoms with E-state index in [9.17, 15) is 5.11 Å². The zero-order valence-corrected chi connectivity index (χ0v) is 14.2. The quantitative estimate of drug-likeness (QED) is 0.915. The van der Waals surface area contributed by atoms with E-state index < -0.39 is 0 Å². The Morgan fingerprint density at radius 2 is 1.91 bits per heavy atom. The lowest BCUT2D eigenvalue weighted by Crippen LogP contribution is -2.22. The van der Waals surface area contributed by atoms with Gasteiger partial charge in [0.05, 0.1) is 0 Å². The molecule has 0 saturated carbocycles. The van der Waals surface area contributed by atoms with Crippen LogP contribution in [0, 0.1) is 0 Å². The summed E-state index contributed by atoms with van der Waals surface area (Å²) in [7, 11) is 2.07. The predicted octanol–water partition coefficient (Wildman–Crippen LogP) is 4.28. The van der Waals surface area contributed by atoms with Gasteiger partial charge in [-0.15, -0.1) is 0 Å². The molecule has 0 aliphatic carbocycles. The number of aromatic nitrogens is 1. The van der Waals surface area contributed by atoms with Gasteiger partial charge in [-0.2, -0.15) is 0 Å². The van der Waals surface area contributed by atoms with Crippen LogP contribution >= 0.6 is 0 Å². The molecular weight excluding hydrogens is 272 g/mol. The Bertz CT molecular complexity index is 617. The zero-order valence-electron chi connectivity index (χ0n) is 14.2. The highest BCUT2D eigenvalue weighted by Crippen LogP contribution is 2.34. The first-order valence-corrected chi connectivity index (χ1v) is 7.72. The smallest absolute Gasteiger partial charge is 0.123 e. The van der Waals surface area contributed by atoms with E-state index in [1.165, 1.54) is 5.56 Å². The molecule has 1 atom stereocenters. The summed E-state index contributed by atoms with van der Waals surface area (Å²) in [6, 6.07) is 10.3. The van der Waals surface area contributed by atoms with E-state index in [4.69, 9.17) is 0 Å². The normalized spacial score (nSPS) is 13.4. The highest BCUT2D eigenvalue weighted by molar-refractivity contribution is 5.44. The van der Waals surface area contributed by atoms with Gasteiger partial charge >= 0.3 is 0 Å². The first kappa shape index (κ1) is 16.5. The third kappa shape index (κ3) is 3.66. The Morgan fingerprint density at radius 1 is 1.18 bits per heavy atom. The minimum atomic E-state index is -0.0619. The van der Waals surface area contributed by atoms with E-state index in [1.807, 2.05) is 30.5 Å². The highest BCUT2D eigenvalue weighted by atomic mass is 16.3. The summed E-state index contributed by atoms with van der Waals surface area (Å²) in [5, 5.41) is 10.6. The fourth-order valence-electron chi connectivity index (χ4n) is 2.61. The van der Waals surface area contributed by atoms with Crippen LogP contribution in [0.1, 0.15) is 50.4 Å². The molecule has 0 amide bonds. The number of pyridine rings is 1. The molecule has 1 unspecified atom stereocenters. The maximum Gasteiger partial charge on any atom is 0.123 e. The van der Waals surface area contributed by atoms with Crippen molar-refractivity contribution in [3.63, 3.8) is 0 Å². The highest BCUT2D eigenvalue weighted by Gasteiger charge is 2.21. The van der Waals surface area contributed by atoms with E-state index in [0.29, 0.717) is 12.3 Å². The predicted molar refractivity (Wildman–Crippen MR) is 90.9 cm³/mol. The molecule has 3 heteroatoms. The number of rotatable bonds is 4. The lowest BCUT2D eigenvalue weighted by atomic mass is 9.85. The molecule has 2 rings (SSSR count). The number of benzene rings is 1. The first-order valence-electron chi connectivity index (χ1n) is 7.72. The van der Waals surface area contributed by atoms with Crippen molar-refractivity contribution in [1.82, 2.24) is 9.88 Å². The second-order valence-electron chi connectivity index (χ2n) is 6.94. The number of hydrogen-bond acceptors (Lipinski definition) is 3. The summed E-state index contributed by atoms with van der Waals surface area (Å²) >= 11 is 0. The number of nitrogens with zero attached hydrogens (tertiary/aromatic N) is 2. The van der Waals surface area contributed by atoms with Gasteiger partial charge in [-0.05, 0) is 36.6 Å². The molecule has 0 spiro atoms. The van der Waals surface area contributed by atoms with Crippen LogP contribution < -0.4 is 0 Å². The van der Waals surface area contributed by atoms with Crippen molar-refractivity contribution in [2.75, 3.05) is 7.05 Å². The number of hydrogen-bond donors (Lipinski definition) is 1. The number of aromatic hydroxyl groups is 1. The standard InChI is InChI=1S/C19H26N2O/c1-14(15-9-7-11-20-12-15)21(5)13-16-8-6-10-17(18(16)22)19(2,3)4/h6-12,14,22H,13H2,1-5H3. The van der Waals surface area contributed by atoms with Crippen LogP contribution in [0.4, 0.5) is 0 Å². The average molecular weight is 298 g/mol. The number of para-hydroxylation sites is 1. The van der Waals surface area contributed by atoms with Crippen LogP contribution in [0.25, 0.3) is 0 Å². The summed E-state index contributed by atoms with van der Waals surface area (Å²) in [4.78, 5) is 6.40. The average Bonchev–Trinajstić information content (AvgIpc) is 2.48. The van der Waals surface area contributed by atoms with Crippen molar-refractivity contribution < 1.29 is 5.11 Å². The van der Waals surface area contributed by atoms with Gasteiger partial charge in [-0.1, -0.05) is 45.0 Å². The third-order valence-corrected chi connectivity index (χ3v) is 4.18. The second-order valence-corrected chi connectivity index (χ2v) is 6.94. The summed E-state index contributed by atoms with van der Waals surface area (Å²) in [5.41, 5.74) is 3.07. The molecule has 0 radical (unpaired) electrons. The Morgan fingerprint density at radius 3 is 2.50 bits per heavy atom. The second kappa shape index (κ2) is 6.49. The number of phenolic OH excluding ortho intramolecular Hbond substituents is 1. The largest absolute Gasteiger partial charge is 0.507 e. The van der Waals surface area contributed by atoms with Gasteiger partial charge < -0.3 is 5.11 Å². The molecule has 0 fully saturated rings. The molecule has 0 saturated heterocycles. The maximum atomic E-state index is 10.6. The molecule has 3 nitrogen and oxygen atoms in total. The Labute approximate surface area is 133 Å². The summed E-state index contributed by atoms with van der Waals surface area (Å²) in [5.74, 6) is 0.417. The van der Waals surface area contributed by atoms with Gasteiger partial charge in [-0.25, -0.2) is 0 Å². The van der Waals surface area contributed by atoms with Gasteiger partial charge in [0.2, 0.25) is 0 Å². The topological polar surface area (TPSA) is 36.4 Å². The van der Waals surface area contributed by atoms with E-state index in [1.54, 1.807) is 6.20 Å².